The number of H-pyrrole nitrogens is 1. The van der Waals surface area contributed by atoms with Gasteiger partial charge in [-0.15, -0.1) is 5.10 Å². The Morgan fingerprint density at radius 1 is 1.42 bits per heavy atom. The monoisotopic (exact) mass is 261 g/mol. The molecule has 1 fully saturated rings. The van der Waals surface area contributed by atoms with Crippen LogP contribution in [0.15, 0.2) is 17.1 Å². The standard InChI is InChI=1S/C12H15N5O2/c1-16-5-2-8(3-6-16)10(19)11-14-12-13-9(18)4-7-17(12)15-11/h4,7-8H,2-3,5-6H2,1H3,(H,13,14,15,18). The predicted octanol–water partition coefficient (Wildman–Crippen LogP) is -0.0579. The number of aromatic nitrogens is 4. The lowest BCUT2D eigenvalue weighted by atomic mass is 9.92. The number of aromatic amines is 1. The Morgan fingerprint density at radius 3 is 2.89 bits per heavy atom. The van der Waals surface area contributed by atoms with E-state index >= 15 is 0 Å². The van der Waals surface area contributed by atoms with E-state index < -0.39 is 0 Å². The molecule has 2 aromatic rings. The second-order valence-corrected chi connectivity index (χ2v) is 4.95. The van der Waals surface area contributed by atoms with Crippen LogP contribution in [0.1, 0.15) is 23.5 Å². The van der Waals surface area contributed by atoms with E-state index in [-0.39, 0.29) is 23.1 Å². The van der Waals surface area contributed by atoms with Gasteiger partial charge < -0.3 is 4.90 Å². The van der Waals surface area contributed by atoms with Gasteiger partial charge in [-0.05, 0) is 33.0 Å². The molecule has 0 unspecified atom stereocenters. The molecule has 1 saturated heterocycles. The van der Waals surface area contributed by atoms with Gasteiger partial charge in [-0.2, -0.15) is 4.98 Å². The van der Waals surface area contributed by atoms with Gasteiger partial charge in [0.25, 0.3) is 5.56 Å². The third kappa shape index (κ3) is 2.28. The first kappa shape index (κ1) is 12.0. The van der Waals surface area contributed by atoms with Crippen molar-refractivity contribution in [1.82, 2.24) is 24.5 Å². The zero-order valence-electron chi connectivity index (χ0n) is 10.7. The van der Waals surface area contributed by atoms with E-state index in [4.69, 9.17) is 0 Å². The Hall–Kier alpha value is -2.02. The van der Waals surface area contributed by atoms with Crippen molar-refractivity contribution in [2.45, 2.75) is 12.8 Å². The van der Waals surface area contributed by atoms with Crippen LogP contribution in [0.3, 0.4) is 0 Å². The molecule has 7 nitrogen and oxygen atoms in total. The SMILES string of the molecule is CN1CCC(C(=O)c2nc3[nH]c(=O)ccn3n2)CC1. The summed E-state index contributed by atoms with van der Waals surface area (Å²) in [5, 5.41) is 4.12. The molecule has 7 heteroatoms. The van der Waals surface area contributed by atoms with Crippen LogP contribution in [0.2, 0.25) is 0 Å². The van der Waals surface area contributed by atoms with E-state index in [0.717, 1.165) is 25.9 Å². The summed E-state index contributed by atoms with van der Waals surface area (Å²) >= 11 is 0. The van der Waals surface area contributed by atoms with Crippen LogP contribution >= 0.6 is 0 Å². The molecule has 1 aliphatic heterocycles. The van der Waals surface area contributed by atoms with Crippen LogP contribution in [0.5, 0.6) is 0 Å². The van der Waals surface area contributed by atoms with Gasteiger partial charge in [0, 0.05) is 18.2 Å². The first-order valence-electron chi connectivity index (χ1n) is 6.32. The van der Waals surface area contributed by atoms with Gasteiger partial charge >= 0.3 is 0 Å². The molecule has 0 aromatic carbocycles. The summed E-state index contributed by atoms with van der Waals surface area (Å²) in [4.78, 5) is 32.3. The average Bonchev–Trinajstić information content (AvgIpc) is 2.81. The number of nitrogens with zero attached hydrogens (tertiary/aromatic N) is 4. The van der Waals surface area contributed by atoms with Gasteiger partial charge in [0.1, 0.15) is 0 Å². The summed E-state index contributed by atoms with van der Waals surface area (Å²) in [5.41, 5.74) is -0.252. The van der Waals surface area contributed by atoms with Crippen LogP contribution in [0.4, 0.5) is 0 Å². The molecule has 0 radical (unpaired) electrons. The molecular formula is C12H15N5O2. The molecule has 0 saturated carbocycles. The Kier molecular flexibility index (Phi) is 2.90. The minimum Gasteiger partial charge on any atom is -0.306 e. The highest BCUT2D eigenvalue weighted by Crippen LogP contribution is 2.19. The Balaban J connectivity index is 1.87. The molecule has 1 N–H and O–H groups in total. The summed E-state index contributed by atoms with van der Waals surface area (Å²) in [6.45, 7) is 1.83. The largest absolute Gasteiger partial charge is 0.306 e. The van der Waals surface area contributed by atoms with Crippen LogP contribution < -0.4 is 5.56 Å². The van der Waals surface area contributed by atoms with E-state index in [0.29, 0.717) is 5.78 Å². The first-order chi connectivity index (χ1) is 9.13. The van der Waals surface area contributed by atoms with Crippen molar-refractivity contribution in [3.8, 4) is 0 Å². The molecule has 19 heavy (non-hydrogen) atoms. The number of ketones is 1. The second-order valence-electron chi connectivity index (χ2n) is 4.95. The molecule has 0 spiro atoms. The smallest absolute Gasteiger partial charge is 0.252 e. The fraction of sp³-hybridized carbons (Fsp3) is 0.500. The normalized spacial score (nSPS) is 17.9. The maximum absolute atomic E-state index is 12.3. The van der Waals surface area contributed by atoms with Crippen molar-refractivity contribution in [3.63, 3.8) is 0 Å². The molecular weight excluding hydrogens is 246 g/mol. The lowest BCUT2D eigenvalue weighted by molar-refractivity contribution is 0.0846. The second kappa shape index (κ2) is 4.58. The van der Waals surface area contributed by atoms with Gasteiger partial charge in [-0.3, -0.25) is 14.6 Å². The zero-order chi connectivity index (χ0) is 13.4. The number of piperidine rings is 1. The zero-order valence-corrected chi connectivity index (χ0v) is 10.7. The van der Waals surface area contributed by atoms with Crippen LogP contribution in [-0.2, 0) is 0 Å². The number of carbonyl (C=O) groups excluding carboxylic acids is 1. The van der Waals surface area contributed by atoms with E-state index in [1.165, 1.54) is 16.8 Å². The molecule has 2 aromatic heterocycles. The highest BCUT2D eigenvalue weighted by Gasteiger charge is 2.27. The molecule has 0 atom stereocenters. The number of Topliss-reactive ketones (excluding diaryl/α,β-unsaturated/α-hetero) is 1. The molecule has 0 aliphatic carbocycles. The number of carbonyl (C=O) groups is 1. The quantitative estimate of drug-likeness (QED) is 0.766. The van der Waals surface area contributed by atoms with E-state index in [2.05, 4.69) is 27.0 Å². The van der Waals surface area contributed by atoms with Crippen molar-refractivity contribution < 1.29 is 4.79 Å². The van der Waals surface area contributed by atoms with Crippen LogP contribution in [0, 0.1) is 5.92 Å². The van der Waals surface area contributed by atoms with Crippen molar-refractivity contribution >= 4 is 11.6 Å². The lowest BCUT2D eigenvalue weighted by Crippen LogP contribution is -2.33. The Labute approximate surface area is 109 Å². The number of hydrogen-bond acceptors (Lipinski definition) is 5. The number of fused-ring (bicyclic) bond motifs is 1. The van der Waals surface area contributed by atoms with Crippen molar-refractivity contribution in [1.29, 1.82) is 0 Å². The van der Waals surface area contributed by atoms with E-state index in [9.17, 15) is 9.59 Å². The van der Waals surface area contributed by atoms with Gasteiger partial charge in [0.15, 0.2) is 0 Å². The highest BCUT2D eigenvalue weighted by atomic mass is 16.1. The molecule has 3 rings (SSSR count). The first-order valence-corrected chi connectivity index (χ1v) is 6.32. The van der Waals surface area contributed by atoms with Crippen molar-refractivity contribution in [3.05, 3.63) is 28.4 Å². The Morgan fingerprint density at radius 2 is 2.16 bits per heavy atom. The highest BCUT2D eigenvalue weighted by molar-refractivity contribution is 5.94. The fourth-order valence-corrected chi connectivity index (χ4v) is 2.36. The van der Waals surface area contributed by atoms with Crippen LogP contribution in [-0.4, -0.2) is 50.4 Å². The predicted molar refractivity (Wildman–Crippen MR) is 68.2 cm³/mol. The summed E-state index contributed by atoms with van der Waals surface area (Å²) in [7, 11) is 2.05. The van der Waals surface area contributed by atoms with Gasteiger partial charge in [-0.1, -0.05) is 0 Å². The molecule has 0 bridgehead atoms. The van der Waals surface area contributed by atoms with Crippen molar-refractivity contribution in [2.75, 3.05) is 20.1 Å². The van der Waals surface area contributed by atoms with Crippen molar-refractivity contribution in [2.24, 2.45) is 5.92 Å². The average molecular weight is 261 g/mol. The summed E-state index contributed by atoms with van der Waals surface area (Å²) < 4.78 is 1.42. The minimum atomic E-state index is -0.252. The topological polar surface area (TPSA) is 83.4 Å². The van der Waals surface area contributed by atoms with Gasteiger partial charge in [0.2, 0.25) is 17.4 Å². The minimum absolute atomic E-state index is 0.0136. The molecule has 1 aliphatic rings. The number of hydrogen-bond donors (Lipinski definition) is 1. The maximum Gasteiger partial charge on any atom is 0.252 e. The summed E-state index contributed by atoms with van der Waals surface area (Å²) in [6, 6.07) is 1.35. The maximum atomic E-state index is 12.3. The molecule has 0 amide bonds. The number of likely N-dealkylation sites (tertiary alicyclic amines) is 1. The van der Waals surface area contributed by atoms with E-state index in [1.54, 1.807) is 0 Å². The van der Waals surface area contributed by atoms with E-state index in [1.807, 2.05) is 0 Å². The fourth-order valence-electron chi connectivity index (χ4n) is 2.36. The number of nitrogens with one attached hydrogen (secondary N) is 1. The lowest BCUT2D eigenvalue weighted by Gasteiger charge is -2.27. The third-order valence-electron chi connectivity index (χ3n) is 3.54. The number of rotatable bonds is 2. The molecule has 3 heterocycles. The van der Waals surface area contributed by atoms with Gasteiger partial charge in [0.05, 0.1) is 0 Å². The summed E-state index contributed by atoms with van der Waals surface area (Å²) in [6.07, 6.45) is 3.18. The van der Waals surface area contributed by atoms with Gasteiger partial charge in [-0.25, -0.2) is 4.52 Å². The Bertz CT molecular complexity index is 666. The summed E-state index contributed by atoms with van der Waals surface area (Å²) in [5.74, 6) is 0.457. The van der Waals surface area contributed by atoms with Crippen LogP contribution in [0.25, 0.3) is 5.78 Å². The molecule has 100 valence electrons. The third-order valence-corrected chi connectivity index (χ3v) is 3.54.